The van der Waals surface area contributed by atoms with Crippen molar-refractivity contribution in [1.29, 1.82) is 0 Å². The molecule has 102 valence electrons. The van der Waals surface area contributed by atoms with Crippen LogP contribution in [0.2, 0.25) is 0 Å². The van der Waals surface area contributed by atoms with E-state index in [-0.39, 0.29) is 0 Å². The third kappa shape index (κ3) is 5.47. The van der Waals surface area contributed by atoms with Crippen molar-refractivity contribution >= 4 is 0 Å². The molecule has 0 saturated heterocycles. The molecule has 0 unspecified atom stereocenters. The van der Waals surface area contributed by atoms with E-state index < -0.39 is 0 Å². The zero-order valence-corrected chi connectivity index (χ0v) is 11.6. The van der Waals surface area contributed by atoms with Crippen LogP contribution < -0.4 is 0 Å². The second-order valence-electron chi connectivity index (χ2n) is 4.52. The van der Waals surface area contributed by atoms with E-state index in [1.54, 1.807) is 24.3 Å². The number of aryl methyl sites for hydroxylation is 2. The minimum atomic E-state index is 0.322. The van der Waals surface area contributed by atoms with Crippen LogP contribution in [0.3, 0.4) is 0 Å². The Hall–Kier alpha value is -1.96. The van der Waals surface area contributed by atoms with Gasteiger partial charge in [0, 0.05) is 0 Å². The molecule has 19 heavy (non-hydrogen) atoms. The number of unbranched alkanes of at least 4 members (excludes halogenated alkanes) is 1. The maximum Gasteiger partial charge on any atom is 0.121 e. The highest BCUT2D eigenvalue weighted by Gasteiger charge is 2.01. The largest absolute Gasteiger partial charge is 0.508 e. The first-order valence-electron chi connectivity index (χ1n) is 6.66. The molecule has 0 fully saturated rings. The summed E-state index contributed by atoms with van der Waals surface area (Å²) in [5.41, 5.74) is 2.06. The summed E-state index contributed by atoms with van der Waals surface area (Å²) in [5.74, 6) is 0.799. The molecule has 0 aliphatic heterocycles. The highest BCUT2D eigenvalue weighted by molar-refractivity contribution is 5.39. The van der Waals surface area contributed by atoms with Crippen LogP contribution in [-0.4, -0.2) is 10.2 Å². The van der Waals surface area contributed by atoms with Crippen LogP contribution in [-0.2, 0) is 6.42 Å². The lowest BCUT2D eigenvalue weighted by Crippen LogP contribution is -1.87. The van der Waals surface area contributed by atoms with Crippen LogP contribution in [0, 0.1) is 6.92 Å². The van der Waals surface area contributed by atoms with Gasteiger partial charge in [0.15, 0.2) is 0 Å². The number of hydrogen-bond acceptors (Lipinski definition) is 2. The Morgan fingerprint density at radius 1 is 0.895 bits per heavy atom. The third-order valence-electron chi connectivity index (χ3n) is 2.88. The monoisotopic (exact) mass is 258 g/mol. The van der Waals surface area contributed by atoms with Crippen LogP contribution >= 0.6 is 0 Å². The van der Waals surface area contributed by atoms with Gasteiger partial charge in [-0.1, -0.05) is 49.7 Å². The van der Waals surface area contributed by atoms with Crippen molar-refractivity contribution in [3.8, 4) is 11.5 Å². The van der Waals surface area contributed by atoms with Crippen LogP contribution in [0.4, 0.5) is 0 Å². The van der Waals surface area contributed by atoms with Crippen LogP contribution in [0.15, 0.2) is 48.5 Å². The number of benzene rings is 2. The van der Waals surface area contributed by atoms with Gasteiger partial charge >= 0.3 is 0 Å². The fraction of sp³-hybridized carbons (Fsp3) is 0.294. The summed E-state index contributed by atoms with van der Waals surface area (Å²) in [6, 6.07) is 14.6. The van der Waals surface area contributed by atoms with E-state index in [0.29, 0.717) is 11.5 Å². The molecule has 2 aromatic rings. The summed E-state index contributed by atoms with van der Waals surface area (Å²) in [6.45, 7) is 4.09. The molecule has 0 aliphatic rings. The third-order valence-corrected chi connectivity index (χ3v) is 2.88. The van der Waals surface area contributed by atoms with Crippen LogP contribution in [0.1, 0.15) is 30.9 Å². The molecule has 2 rings (SSSR count). The Bertz CT molecular complexity index is 478. The first-order chi connectivity index (χ1) is 9.15. The molecule has 0 aliphatic carbocycles. The number of phenolic OH excluding ortho intramolecular Hbond substituents is 2. The quantitative estimate of drug-likeness (QED) is 0.854. The van der Waals surface area contributed by atoms with Gasteiger partial charge in [0.25, 0.3) is 0 Å². The Morgan fingerprint density at radius 2 is 1.58 bits per heavy atom. The van der Waals surface area contributed by atoms with E-state index in [0.717, 1.165) is 24.0 Å². The van der Waals surface area contributed by atoms with Crippen molar-refractivity contribution in [2.75, 3.05) is 0 Å². The summed E-state index contributed by atoms with van der Waals surface area (Å²) >= 11 is 0. The lowest BCUT2D eigenvalue weighted by atomic mass is 10.0. The highest BCUT2D eigenvalue weighted by Crippen LogP contribution is 2.22. The van der Waals surface area contributed by atoms with Crippen LogP contribution in [0.25, 0.3) is 0 Å². The fourth-order valence-corrected chi connectivity index (χ4v) is 1.72. The van der Waals surface area contributed by atoms with Gasteiger partial charge in [0.05, 0.1) is 0 Å². The maximum atomic E-state index is 9.62. The fourth-order valence-electron chi connectivity index (χ4n) is 1.72. The minimum absolute atomic E-state index is 0.322. The van der Waals surface area contributed by atoms with E-state index in [9.17, 15) is 5.11 Å². The lowest BCUT2D eigenvalue weighted by molar-refractivity contribution is 0.462. The predicted molar refractivity (Wildman–Crippen MR) is 79.6 cm³/mol. The molecule has 0 heterocycles. The topological polar surface area (TPSA) is 40.5 Å². The van der Waals surface area contributed by atoms with Crippen LogP contribution in [0.5, 0.6) is 11.5 Å². The molecular weight excluding hydrogens is 236 g/mol. The van der Waals surface area contributed by atoms with E-state index in [1.165, 1.54) is 6.42 Å². The van der Waals surface area contributed by atoms with Crippen molar-refractivity contribution in [1.82, 2.24) is 0 Å². The number of hydrogen-bond donors (Lipinski definition) is 2. The number of aromatic hydroxyl groups is 2. The normalized spacial score (nSPS) is 9.58. The molecule has 0 saturated carbocycles. The molecule has 0 atom stereocenters. The van der Waals surface area contributed by atoms with E-state index in [1.807, 2.05) is 31.2 Å². The second-order valence-corrected chi connectivity index (χ2v) is 4.52. The highest BCUT2D eigenvalue weighted by atomic mass is 16.3. The average Bonchev–Trinajstić information content (AvgIpc) is 2.42. The Labute approximate surface area is 115 Å². The number of rotatable bonds is 3. The predicted octanol–water partition coefficient (Wildman–Crippen LogP) is 4.44. The summed E-state index contributed by atoms with van der Waals surface area (Å²) in [6.07, 6.45) is 3.31. The maximum absolute atomic E-state index is 9.62. The first-order valence-corrected chi connectivity index (χ1v) is 6.66. The summed E-state index contributed by atoms with van der Waals surface area (Å²) in [4.78, 5) is 0. The molecule has 0 aromatic heterocycles. The molecular formula is C17H22O2. The first kappa shape index (κ1) is 15.1. The van der Waals surface area contributed by atoms with Gasteiger partial charge in [0.2, 0.25) is 0 Å². The van der Waals surface area contributed by atoms with Gasteiger partial charge in [-0.2, -0.15) is 0 Å². The molecule has 2 nitrogen and oxygen atoms in total. The van der Waals surface area contributed by atoms with Crippen molar-refractivity contribution < 1.29 is 10.2 Å². The molecule has 0 radical (unpaired) electrons. The van der Waals surface area contributed by atoms with Gasteiger partial charge in [0.1, 0.15) is 11.5 Å². The average molecular weight is 258 g/mol. The zero-order chi connectivity index (χ0) is 14.1. The summed E-state index contributed by atoms with van der Waals surface area (Å²) in [7, 11) is 0. The minimum Gasteiger partial charge on any atom is -0.508 e. The van der Waals surface area contributed by atoms with Crippen molar-refractivity contribution in [3.63, 3.8) is 0 Å². The van der Waals surface area contributed by atoms with E-state index >= 15 is 0 Å². The molecule has 0 amide bonds. The van der Waals surface area contributed by atoms with Gasteiger partial charge in [-0.25, -0.2) is 0 Å². The van der Waals surface area contributed by atoms with Gasteiger partial charge in [-0.15, -0.1) is 0 Å². The zero-order valence-electron chi connectivity index (χ0n) is 11.6. The van der Waals surface area contributed by atoms with Crippen molar-refractivity contribution in [3.05, 3.63) is 59.7 Å². The second kappa shape index (κ2) is 8.20. The molecule has 2 aromatic carbocycles. The molecule has 2 heteroatoms. The van der Waals surface area contributed by atoms with Crippen molar-refractivity contribution in [2.24, 2.45) is 0 Å². The SMILES string of the molecule is CCCCc1cccc(C)c1O.Oc1ccccc1. The number of phenols is 2. The molecule has 2 N–H and O–H groups in total. The van der Waals surface area contributed by atoms with Gasteiger partial charge in [-0.05, 0) is 43.0 Å². The number of para-hydroxylation sites is 2. The van der Waals surface area contributed by atoms with Gasteiger partial charge < -0.3 is 10.2 Å². The Morgan fingerprint density at radius 3 is 2.11 bits per heavy atom. The van der Waals surface area contributed by atoms with Gasteiger partial charge in [-0.3, -0.25) is 0 Å². The smallest absolute Gasteiger partial charge is 0.121 e. The van der Waals surface area contributed by atoms with E-state index in [4.69, 9.17) is 5.11 Å². The Kier molecular flexibility index (Phi) is 6.51. The lowest BCUT2D eigenvalue weighted by Gasteiger charge is -2.05. The summed E-state index contributed by atoms with van der Waals surface area (Å²) < 4.78 is 0. The standard InChI is InChI=1S/C11H16O.C6H6O/c1-3-4-7-10-8-5-6-9(2)11(10)12;7-6-4-2-1-3-5-6/h5-6,8,12H,3-4,7H2,1-2H3;1-5,7H. The van der Waals surface area contributed by atoms with Crippen molar-refractivity contribution in [2.45, 2.75) is 33.1 Å². The Balaban J connectivity index is 0.000000218. The molecule has 0 bridgehead atoms. The molecule has 0 spiro atoms. The van der Waals surface area contributed by atoms with E-state index in [2.05, 4.69) is 6.92 Å². The summed E-state index contributed by atoms with van der Waals surface area (Å²) in [5, 5.41) is 18.3.